The van der Waals surface area contributed by atoms with Gasteiger partial charge >= 0.3 is 0 Å². The summed E-state index contributed by atoms with van der Waals surface area (Å²) in [5.74, 6) is 1.86. The van der Waals surface area contributed by atoms with E-state index < -0.39 is 0 Å². The predicted molar refractivity (Wildman–Crippen MR) is 139 cm³/mol. The third-order valence-electron chi connectivity index (χ3n) is 5.21. The summed E-state index contributed by atoms with van der Waals surface area (Å²) < 4.78 is 0. The summed E-state index contributed by atoms with van der Waals surface area (Å²) in [6.07, 6.45) is 4.07. The Labute approximate surface area is 201 Å². The van der Waals surface area contributed by atoms with E-state index in [4.69, 9.17) is 0 Å². The van der Waals surface area contributed by atoms with Gasteiger partial charge in [0.1, 0.15) is 5.82 Å². The summed E-state index contributed by atoms with van der Waals surface area (Å²) in [5, 5.41) is 6.79. The number of hydrogen-bond acceptors (Lipinski definition) is 5. The molecule has 6 nitrogen and oxygen atoms in total. The van der Waals surface area contributed by atoms with Crippen LogP contribution in [0.1, 0.15) is 16.7 Å². The number of piperazine rings is 1. The average molecular weight is 541 g/mol. The van der Waals surface area contributed by atoms with Gasteiger partial charge < -0.3 is 20.4 Å². The molecule has 1 aliphatic rings. The van der Waals surface area contributed by atoms with E-state index in [2.05, 4.69) is 81.0 Å². The Morgan fingerprint density at radius 3 is 2.47 bits per heavy atom. The first-order chi connectivity index (χ1) is 14.1. The van der Waals surface area contributed by atoms with Crippen LogP contribution in [0.25, 0.3) is 0 Å². The summed E-state index contributed by atoms with van der Waals surface area (Å²) in [4.78, 5) is 15.0. The number of thioether (sulfide) groups is 1. The van der Waals surface area contributed by atoms with Crippen molar-refractivity contribution < 1.29 is 0 Å². The summed E-state index contributed by atoms with van der Waals surface area (Å²) in [6.45, 7) is 7.82. The van der Waals surface area contributed by atoms with Gasteiger partial charge in [0.2, 0.25) is 0 Å². The molecule has 0 amide bonds. The third-order valence-corrected chi connectivity index (χ3v) is 6.03. The molecule has 0 saturated carbocycles. The van der Waals surface area contributed by atoms with Gasteiger partial charge in [-0.05, 0) is 49.1 Å². The van der Waals surface area contributed by atoms with Gasteiger partial charge in [-0.3, -0.25) is 4.99 Å². The maximum absolute atomic E-state index is 4.66. The smallest absolute Gasteiger partial charge is 0.191 e. The zero-order valence-corrected chi connectivity index (χ0v) is 21.5. The molecule has 1 fully saturated rings. The molecule has 0 spiro atoms. The van der Waals surface area contributed by atoms with Crippen molar-refractivity contribution in [2.75, 3.05) is 51.4 Å². The summed E-state index contributed by atoms with van der Waals surface area (Å²) in [7, 11) is 3.97. The first kappa shape index (κ1) is 24.7. The normalized spacial score (nSPS) is 14.9. The number of likely N-dealkylation sites (N-methyl/N-ethyl adjacent to an activating group) is 1. The fourth-order valence-corrected chi connectivity index (χ4v) is 4.03. The standard InChI is InChI=1S/C22H32N6S.HI/c1-17-5-7-19(20(13-17)29-4)16-26-22(23-2)25-15-18-6-8-21(24-14-18)28-11-9-27(3)10-12-28;/h5-8,13-14H,9-12,15-16H2,1-4H3,(H2,23,25,26);1H. The lowest BCUT2D eigenvalue weighted by Gasteiger charge is -2.33. The fourth-order valence-electron chi connectivity index (χ4n) is 3.33. The molecule has 2 aromatic rings. The monoisotopic (exact) mass is 540 g/mol. The number of benzene rings is 1. The second-order valence-electron chi connectivity index (χ2n) is 7.41. The molecule has 0 bridgehead atoms. The minimum Gasteiger partial charge on any atom is -0.354 e. The highest BCUT2D eigenvalue weighted by atomic mass is 127. The molecule has 0 atom stereocenters. The highest BCUT2D eigenvalue weighted by Gasteiger charge is 2.15. The van der Waals surface area contributed by atoms with Crippen LogP contribution in [0.15, 0.2) is 46.4 Å². The molecule has 8 heteroatoms. The van der Waals surface area contributed by atoms with Crippen LogP contribution in [0.2, 0.25) is 0 Å². The maximum atomic E-state index is 4.66. The number of nitrogens with one attached hydrogen (secondary N) is 2. The molecule has 30 heavy (non-hydrogen) atoms. The van der Waals surface area contributed by atoms with Crippen molar-refractivity contribution in [2.45, 2.75) is 24.9 Å². The van der Waals surface area contributed by atoms with Crippen molar-refractivity contribution in [1.29, 1.82) is 0 Å². The van der Waals surface area contributed by atoms with Crippen LogP contribution in [-0.4, -0.2) is 62.4 Å². The highest BCUT2D eigenvalue weighted by Crippen LogP contribution is 2.21. The van der Waals surface area contributed by atoms with Crippen LogP contribution >= 0.6 is 35.7 Å². The molecular weight excluding hydrogens is 507 g/mol. The van der Waals surface area contributed by atoms with E-state index in [0.717, 1.165) is 50.1 Å². The Morgan fingerprint density at radius 1 is 1.10 bits per heavy atom. The van der Waals surface area contributed by atoms with Crippen LogP contribution < -0.4 is 15.5 Å². The van der Waals surface area contributed by atoms with E-state index in [1.165, 1.54) is 16.0 Å². The molecule has 0 radical (unpaired) electrons. The van der Waals surface area contributed by atoms with E-state index in [0.29, 0.717) is 6.54 Å². The molecule has 164 valence electrons. The molecule has 2 heterocycles. The number of guanidine groups is 1. The van der Waals surface area contributed by atoms with Crippen LogP contribution in [0, 0.1) is 6.92 Å². The van der Waals surface area contributed by atoms with Gasteiger partial charge in [-0.15, -0.1) is 35.7 Å². The molecule has 1 aliphatic heterocycles. The van der Waals surface area contributed by atoms with Crippen LogP contribution in [0.4, 0.5) is 5.82 Å². The van der Waals surface area contributed by atoms with Gasteiger partial charge in [-0.2, -0.15) is 0 Å². The Balaban J connectivity index is 0.00000320. The first-order valence-corrected chi connectivity index (χ1v) is 11.3. The molecular formula is C22H33IN6S. The Bertz CT molecular complexity index is 819. The lowest BCUT2D eigenvalue weighted by molar-refractivity contribution is 0.312. The number of halogens is 1. The van der Waals surface area contributed by atoms with Crippen molar-refractivity contribution >= 4 is 47.5 Å². The molecule has 0 aliphatic carbocycles. The SMILES string of the molecule is CN=C(NCc1ccc(N2CCN(C)CC2)nc1)NCc1ccc(C)cc1SC.I. The quantitative estimate of drug-likeness (QED) is 0.254. The van der Waals surface area contributed by atoms with E-state index in [1.54, 1.807) is 18.8 Å². The maximum Gasteiger partial charge on any atom is 0.191 e. The fraction of sp³-hybridized carbons (Fsp3) is 0.455. The van der Waals surface area contributed by atoms with E-state index in [9.17, 15) is 0 Å². The van der Waals surface area contributed by atoms with E-state index in [1.807, 2.05) is 6.20 Å². The highest BCUT2D eigenvalue weighted by molar-refractivity contribution is 14.0. The van der Waals surface area contributed by atoms with E-state index >= 15 is 0 Å². The second kappa shape index (κ2) is 12.4. The minimum atomic E-state index is 0. The van der Waals surface area contributed by atoms with Gasteiger partial charge in [0.05, 0.1) is 0 Å². The number of hydrogen-bond donors (Lipinski definition) is 2. The molecule has 0 unspecified atom stereocenters. The summed E-state index contributed by atoms with van der Waals surface area (Å²) in [5.41, 5.74) is 3.71. The van der Waals surface area contributed by atoms with E-state index in [-0.39, 0.29) is 24.0 Å². The van der Waals surface area contributed by atoms with Crippen molar-refractivity contribution in [2.24, 2.45) is 4.99 Å². The van der Waals surface area contributed by atoms with Crippen molar-refractivity contribution in [3.8, 4) is 0 Å². The molecule has 3 rings (SSSR count). The van der Waals surface area contributed by atoms with Gasteiger partial charge in [-0.25, -0.2) is 4.98 Å². The lowest BCUT2D eigenvalue weighted by Crippen LogP contribution is -2.44. The number of aryl methyl sites for hydroxylation is 1. The van der Waals surface area contributed by atoms with Crippen LogP contribution in [0.5, 0.6) is 0 Å². The van der Waals surface area contributed by atoms with Crippen molar-refractivity contribution in [3.05, 3.63) is 53.2 Å². The number of rotatable bonds is 6. The van der Waals surface area contributed by atoms with Crippen molar-refractivity contribution in [1.82, 2.24) is 20.5 Å². The number of aromatic nitrogens is 1. The van der Waals surface area contributed by atoms with Crippen LogP contribution in [-0.2, 0) is 13.1 Å². The lowest BCUT2D eigenvalue weighted by atomic mass is 10.1. The van der Waals surface area contributed by atoms with Gasteiger partial charge in [0.15, 0.2) is 5.96 Å². The predicted octanol–water partition coefficient (Wildman–Crippen LogP) is 3.35. The van der Waals surface area contributed by atoms with Crippen LogP contribution in [0.3, 0.4) is 0 Å². The largest absolute Gasteiger partial charge is 0.354 e. The molecule has 1 aromatic carbocycles. The molecule has 2 N–H and O–H groups in total. The third kappa shape index (κ3) is 7.02. The number of anilines is 1. The Hall–Kier alpha value is -1.52. The number of aliphatic imine (C=N–C) groups is 1. The van der Waals surface area contributed by atoms with Gasteiger partial charge in [0.25, 0.3) is 0 Å². The Kier molecular flexibility index (Phi) is 10.2. The number of pyridine rings is 1. The summed E-state index contributed by atoms with van der Waals surface area (Å²) >= 11 is 1.78. The first-order valence-electron chi connectivity index (χ1n) is 10.1. The second-order valence-corrected chi connectivity index (χ2v) is 8.26. The topological polar surface area (TPSA) is 55.8 Å². The minimum absolute atomic E-state index is 0. The van der Waals surface area contributed by atoms with Gasteiger partial charge in [0, 0.05) is 57.4 Å². The summed E-state index contributed by atoms with van der Waals surface area (Å²) in [6, 6.07) is 10.8. The zero-order chi connectivity index (χ0) is 20.6. The van der Waals surface area contributed by atoms with Gasteiger partial charge in [-0.1, -0.05) is 18.2 Å². The molecule has 1 saturated heterocycles. The zero-order valence-electron chi connectivity index (χ0n) is 18.3. The Morgan fingerprint density at radius 2 is 1.83 bits per heavy atom. The number of nitrogens with zero attached hydrogens (tertiary/aromatic N) is 4. The molecule has 1 aromatic heterocycles. The average Bonchev–Trinajstić information content (AvgIpc) is 2.75. The van der Waals surface area contributed by atoms with Crippen molar-refractivity contribution in [3.63, 3.8) is 0 Å².